The highest BCUT2D eigenvalue weighted by molar-refractivity contribution is 5.98. The predicted molar refractivity (Wildman–Crippen MR) is 68.7 cm³/mol. The van der Waals surface area contributed by atoms with Crippen LogP contribution in [0.1, 0.15) is 57.8 Å². The lowest BCUT2D eigenvalue weighted by molar-refractivity contribution is -0.154. The van der Waals surface area contributed by atoms with Gasteiger partial charge in [-0.2, -0.15) is 0 Å². The van der Waals surface area contributed by atoms with Crippen LogP contribution in [-0.2, 0) is 9.59 Å². The van der Waals surface area contributed by atoms with Crippen molar-refractivity contribution in [3.8, 4) is 0 Å². The zero-order valence-corrected chi connectivity index (χ0v) is 11.3. The van der Waals surface area contributed by atoms with E-state index in [1.54, 1.807) is 7.05 Å². The van der Waals surface area contributed by atoms with Crippen LogP contribution in [0.2, 0.25) is 0 Å². The Morgan fingerprint density at radius 2 is 1.61 bits per heavy atom. The number of carbonyl (C=O) groups excluding carboxylic acids is 2. The van der Waals surface area contributed by atoms with E-state index in [9.17, 15) is 9.59 Å². The Bertz CT molecular complexity index is 359. The highest BCUT2D eigenvalue weighted by atomic mass is 16.2. The van der Waals surface area contributed by atoms with Crippen molar-refractivity contribution >= 4 is 11.8 Å². The molecule has 1 aliphatic heterocycles. The fourth-order valence-corrected chi connectivity index (χ4v) is 4.48. The van der Waals surface area contributed by atoms with Crippen molar-refractivity contribution < 1.29 is 9.59 Å². The molecule has 3 nitrogen and oxygen atoms in total. The van der Waals surface area contributed by atoms with Crippen LogP contribution in [0, 0.1) is 17.3 Å². The number of hydrogen-bond acceptors (Lipinski definition) is 2. The minimum atomic E-state index is 0.0270. The van der Waals surface area contributed by atoms with E-state index in [0.717, 1.165) is 24.7 Å². The summed E-state index contributed by atoms with van der Waals surface area (Å²) in [6, 6.07) is 0. The minimum absolute atomic E-state index is 0.0270. The summed E-state index contributed by atoms with van der Waals surface area (Å²) in [5.74, 6) is 1.76. The van der Waals surface area contributed by atoms with Crippen LogP contribution in [0.4, 0.5) is 0 Å². The molecule has 1 spiro atoms. The van der Waals surface area contributed by atoms with Crippen molar-refractivity contribution in [2.75, 3.05) is 7.05 Å². The van der Waals surface area contributed by atoms with E-state index < -0.39 is 0 Å². The summed E-state index contributed by atoms with van der Waals surface area (Å²) in [5, 5.41) is 0. The van der Waals surface area contributed by atoms with Gasteiger partial charge < -0.3 is 0 Å². The van der Waals surface area contributed by atoms with Crippen LogP contribution in [0.5, 0.6) is 0 Å². The fourth-order valence-electron chi connectivity index (χ4n) is 4.48. The molecule has 0 aromatic heterocycles. The third-order valence-corrected chi connectivity index (χ3v) is 5.61. The summed E-state index contributed by atoms with van der Waals surface area (Å²) in [7, 11) is 1.63. The van der Waals surface area contributed by atoms with Crippen LogP contribution >= 0.6 is 0 Å². The first kappa shape index (κ1) is 12.2. The lowest BCUT2D eigenvalue weighted by Crippen LogP contribution is -2.48. The molecule has 0 bridgehead atoms. The number of fused-ring (bicyclic) bond motifs is 1. The van der Waals surface area contributed by atoms with Crippen molar-refractivity contribution in [3.05, 3.63) is 0 Å². The van der Waals surface area contributed by atoms with Crippen LogP contribution in [0.15, 0.2) is 0 Å². The first-order valence-electron chi connectivity index (χ1n) is 7.39. The summed E-state index contributed by atoms with van der Waals surface area (Å²) in [6.07, 6.45) is 10.1. The van der Waals surface area contributed by atoms with Crippen LogP contribution < -0.4 is 0 Å². The second kappa shape index (κ2) is 4.36. The zero-order chi connectivity index (χ0) is 12.8. The third-order valence-electron chi connectivity index (χ3n) is 5.61. The van der Waals surface area contributed by atoms with Crippen molar-refractivity contribution in [3.63, 3.8) is 0 Å². The molecule has 3 heteroatoms. The SMILES string of the molecule is CN1C(=O)CC2(CC[C@@H]3CCCC[C@@H]3C2)CC1=O. The van der Waals surface area contributed by atoms with Gasteiger partial charge >= 0.3 is 0 Å². The first-order chi connectivity index (χ1) is 8.60. The van der Waals surface area contributed by atoms with Crippen molar-refractivity contribution in [2.24, 2.45) is 17.3 Å². The summed E-state index contributed by atoms with van der Waals surface area (Å²) >= 11 is 0. The molecular weight excluding hydrogens is 226 g/mol. The molecule has 3 rings (SSSR count). The van der Waals surface area contributed by atoms with Crippen molar-refractivity contribution in [1.82, 2.24) is 4.90 Å². The third kappa shape index (κ3) is 1.98. The molecule has 2 aliphatic carbocycles. The van der Waals surface area contributed by atoms with E-state index >= 15 is 0 Å². The summed E-state index contributed by atoms with van der Waals surface area (Å²) < 4.78 is 0. The molecule has 0 N–H and O–H groups in total. The number of piperidine rings is 1. The van der Waals surface area contributed by atoms with E-state index in [4.69, 9.17) is 0 Å². The van der Waals surface area contributed by atoms with Gasteiger partial charge in [-0.3, -0.25) is 14.5 Å². The molecule has 18 heavy (non-hydrogen) atoms. The van der Waals surface area contributed by atoms with Gasteiger partial charge in [-0.1, -0.05) is 25.7 Å². The lowest BCUT2D eigenvalue weighted by Gasteiger charge is -2.48. The van der Waals surface area contributed by atoms with E-state index in [2.05, 4.69) is 0 Å². The summed E-state index contributed by atoms with van der Waals surface area (Å²) in [6.45, 7) is 0. The Balaban J connectivity index is 1.76. The van der Waals surface area contributed by atoms with E-state index in [1.807, 2.05) is 0 Å². The lowest BCUT2D eigenvalue weighted by atomic mass is 9.58. The molecule has 2 saturated carbocycles. The quantitative estimate of drug-likeness (QED) is 0.619. The number of rotatable bonds is 0. The minimum Gasteiger partial charge on any atom is -0.286 e. The maximum atomic E-state index is 11.9. The average molecular weight is 249 g/mol. The maximum absolute atomic E-state index is 11.9. The monoisotopic (exact) mass is 249 g/mol. The fraction of sp³-hybridized carbons (Fsp3) is 0.867. The molecule has 0 aromatic rings. The van der Waals surface area contributed by atoms with Gasteiger partial charge in [0, 0.05) is 19.9 Å². The van der Waals surface area contributed by atoms with Crippen molar-refractivity contribution in [1.29, 1.82) is 0 Å². The second-order valence-corrected chi connectivity index (χ2v) is 6.75. The molecule has 2 atom stereocenters. The Morgan fingerprint density at radius 1 is 1.00 bits per heavy atom. The first-order valence-corrected chi connectivity index (χ1v) is 7.39. The number of amides is 2. The Hall–Kier alpha value is -0.860. The topological polar surface area (TPSA) is 37.4 Å². The van der Waals surface area contributed by atoms with Gasteiger partial charge in [0.1, 0.15) is 0 Å². The molecule has 3 aliphatic rings. The van der Waals surface area contributed by atoms with Gasteiger partial charge in [0.05, 0.1) is 0 Å². The smallest absolute Gasteiger partial charge is 0.229 e. The molecule has 2 amide bonds. The number of carbonyl (C=O) groups is 2. The predicted octanol–water partition coefficient (Wildman–Crippen LogP) is 2.74. The van der Waals surface area contributed by atoms with Gasteiger partial charge in [-0.15, -0.1) is 0 Å². The molecular formula is C15H23NO2. The number of imide groups is 1. The van der Waals surface area contributed by atoms with Gasteiger partial charge in [0.25, 0.3) is 0 Å². The molecule has 0 radical (unpaired) electrons. The standard InChI is InChI=1S/C15H23NO2/c1-16-13(17)9-15(10-14(16)18)7-6-11-4-2-3-5-12(11)8-15/h11-12H,2-10H2,1H3/t11-,12+/m0/s1. The zero-order valence-electron chi connectivity index (χ0n) is 11.3. The van der Waals surface area contributed by atoms with Crippen molar-refractivity contribution in [2.45, 2.75) is 57.8 Å². The highest BCUT2D eigenvalue weighted by Crippen LogP contribution is 2.52. The Labute approximate surface area is 109 Å². The maximum Gasteiger partial charge on any atom is 0.229 e. The highest BCUT2D eigenvalue weighted by Gasteiger charge is 2.47. The van der Waals surface area contributed by atoms with E-state index in [-0.39, 0.29) is 17.2 Å². The molecule has 3 fully saturated rings. The molecule has 1 heterocycles. The van der Waals surface area contributed by atoms with E-state index in [0.29, 0.717) is 12.8 Å². The normalized spacial score (nSPS) is 35.7. The van der Waals surface area contributed by atoms with E-state index in [1.165, 1.54) is 37.0 Å². The van der Waals surface area contributed by atoms with Gasteiger partial charge in [-0.05, 0) is 36.5 Å². The molecule has 100 valence electrons. The average Bonchev–Trinajstić information content (AvgIpc) is 2.36. The number of nitrogens with zero attached hydrogens (tertiary/aromatic N) is 1. The molecule has 0 unspecified atom stereocenters. The molecule has 1 saturated heterocycles. The second-order valence-electron chi connectivity index (χ2n) is 6.75. The Morgan fingerprint density at radius 3 is 2.28 bits per heavy atom. The van der Waals surface area contributed by atoms with Gasteiger partial charge in [-0.25, -0.2) is 0 Å². The summed E-state index contributed by atoms with van der Waals surface area (Å²) in [4.78, 5) is 25.2. The van der Waals surface area contributed by atoms with Crippen LogP contribution in [0.25, 0.3) is 0 Å². The largest absolute Gasteiger partial charge is 0.286 e. The van der Waals surface area contributed by atoms with Gasteiger partial charge in [0.2, 0.25) is 11.8 Å². The summed E-state index contributed by atoms with van der Waals surface area (Å²) in [5.41, 5.74) is 0.0270. The number of hydrogen-bond donors (Lipinski definition) is 0. The number of likely N-dealkylation sites (tertiary alicyclic amines) is 1. The van der Waals surface area contributed by atoms with Gasteiger partial charge in [0.15, 0.2) is 0 Å². The molecule has 0 aromatic carbocycles. The van der Waals surface area contributed by atoms with Crippen LogP contribution in [0.3, 0.4) is 0 Å². The Kier molecular flexibility index (Phi) is 2.95. The van der Waals surface area contributed by atoms with Crippen LogP contribution in [-0.4, -0.2) is 23.8 Å².